The summed E-state index contributed by atoms with van der Waals surface area (Å²) in [5.41, 5.74) is 0.450. The average Bonchev–Trinajstić information content (AvgIpc) is 3.23. The van der Waals surface area contributed by atoms with E-state index in [1.54, 1.807) is 6.20 Å². The Morgan fingerprint density at radius 1 is 1.12 bits per heavy atom. The fraction of sp³-hybridized carbons (Fsp3) is 0.583. The fourth-order valence-corrected chi connectivity index (χ4v) is 4.49. The van der Waals surface area contributed by atoms with Crippen LogP contribution in [0.1, 0.15) is 46.1 Å². The van der Waals surface area contributed by atoms with Crippen molar-refractivity contribution in [2.75, 3.05) is 54.5 Å². The fourth-order valence-electron chi connectivity index (χ4n) is 4.49. The predicted octanol–water partition coefficient (Wildman–Crippen LogP) is 3.12. The second-order valence-corrected chi connectivity index (χ2v) is 9.56. The Labute approximate surface area is 200 Å². The number of rotatable bonds is 6. The minimum atomic E-state index is -0.607. The summed E-state index contributed by atoms with van der Waals surface area (Å²) in [6.07, 6.45) is 6.07. The first-order valence-corrected chi connectivity index (χ1v) is 12.2. The van der Waals surface area contributed by atoms with Gasteiger partial charge in [-0.15, -0.1) is 0 Å². The van der Waals surface area contributed by atoms with Crippen molar-refractivity contribution in [1.29, 1.82) is 0 Å². The van der Waals surface area contributed by atoms with Gasteiger partial charge in [-0.25, -0.2) is 9.97 Å². The van der Waals surface area contributed by atoms with Gasteiger partial charge >= 0.3 is 0 Å². The van der Waals surface area contributed by atoms with Crippen molar-refractivity contribution >= 4 is 34.3 Å². The van der Waals surface area contributed by atoms with E-state index < -0.39 is 5.60 Å². The topological polar surface area (TPSA) is 104 Å². The number of aromatic nitrogens is 5. The molecule has 10 heteroatoms. The number of fused-ring (bicyclic) bond motifs is 1. The lowest BCUT2D eigenvalue weighted by molar-refractivity contribution is 0.0349. The zero-order valence-electron chi connectivity index (χ0n) is 20.2. The summed E-state index contributed by atoms with van der Waals surface area (Å²) in [7, 11) is 0. The number of anilines is 4. The van der Waals surface area contributed by atoms with Crippen molar-refractivity contribution in [1.82, 2.24) is 24.7 Å². The summed E-state index contributed by atoms with van der Waals surface area (Å²) in [6, 6.07) is 4.17. The smallest absolute Gasteiger partial charge is 0.227 e. The molecule has 0 aromatic carbocycles. The summed E-state index contributed by atoms with van der Waals surface area (Å²) in [5.74, 6) is 3.05. The molecule has 5 heterocycles. The molecule has 0 radical (unpaired) electrons. The minimum absolute atomic E-state index is 0.273. The maximum atomic E-state index is 10.2. The third-order valence-corrected chi connectivity index (χ3v) is 6.91. The quantitative estimate of drug-likeness (QED) is 0.567. The van der Waals surface area contributed by atoms with E-state index in [9.17, 15) is 5.11 Å². The molecule has 0 amide bonds. The van der Waals surface area contributed by atoms with Crippen LogP contribution >= 0.6 is 0 Å². The highest BCUT2D eigenvalue weighted by Crippen LogP contribution is 2.31. The third kappa shape index (κ3) is 4.65. The normalized spacial score (nSPS) is 19.4. The SMILES string of the molecule is CCC(C)n1nc(N2CCOCC2)c2cnc(Nc3ccnc(N4CCC(C)(O)CC4)n3)cc21. The highest BCUT2D eigenvalue weighted by atomic mass is 16.5. The molecule has 0 spiro atoms. The number of ether oxygens (including phenoxy) is 1. The van der Waals surface area contributed by atoms with Crippen LogP contribution in [-0.2, 0) is 4.74 Å². The van der Waals surface area contributed by atoms with E-state index in [4.69, 9.17) is 14.8 Å². The van der Waals surface area contributed by atoms with Crippen molar-refractivity contribution in [2.24, 2.45) is 0 Å². The maximum absolute atomic E-state index is 10.2. The summed E-state index contributed by atoms with van der Waals surface area (Å²) in [5, 5.41) is 19.6. The molecule has 2 N–H and O–H groups in total. The largest absolute Gasteiger partial charge is 0.390 e. The first kappa shape index (κ1) is 22.8. The van der Waals surface area contributed by atoms with Crippen molar-refractivity contribution in [3.05, 3.63) is 24.5 Å². The predicted molar refractivity (Wildman–Crippen MR) is 133 cm³/mol. The molecular weight excluding hydrogens is 432 g/mol. The molecule has 34 heavy (non-hydrogen) atoms. The van der Waals surface area contributed by atoms with E-state index in [2.05, 4.69) is 49.7 Å². The monoisotopic (exact) mass is 466 g/mol. The molecule has 2 aliphatic rings. The third-order valence-electron chi connectivity index (χ3n) is 6.91. The van der Waals surface area contributed by atoms with Gasteiger partial charge in [0.2, 0.25) is 5.95 Å². The van der Waals surface area contributed by atoms with Gasteiger partial charge in [0.05, 0.1) is 29.7 Å². The molecule has 0 aliphatic carbocycles. The Hall–Kier alpha value is -2.98. The molecule has 3 aromatic rings. The van der Waals surface area contributed by atoms with Crippen molar-refractivity contribution in [2.45, 2.75) is 51.7 Å². The average molecular weight is 467 g/mol. The summed E-state index contributed by atoms with van der Waals surface area (Å²) < 4.78 is 7.64. The van der Waals surface area contributed by atoms with Crippen LogP contribution in [0.4, 0.5) is 23.4 Å². The van der Waals surface area contributed by atoms with Crippen LogP contribution in [0.15, 0.2) is 24.5 Å². The lowest BCUT2D eigenvalue weighted by Gasteiger charge is -2.35. The van der Waals surface area contributed by atoms with Gasteiger partial charge in [0.25, 0.3) is 0 Å². The Balaban J connectivity index is 1.41. The molecule has 0 saturated carbocycles. The molecule has 1 atom stereocenters. The zero-order chi connectivity index (χ0) is 23.7. The standard InChI is InChI=1S/C24H34N8O2/c1-4-17(2)32-19-15-21(26-16-18(19)22(29-32)30-11-13-34-14-12-30)27-20-5-8-25-23(28-20)31-9-6-24(3,33)7-10-31/h5,8,15-17,33H,4,6-7,9-14H2,1-3H3,(H,25,26,27,28). The van der Waals surface area contributed by atoms with Gasteiger partial charge in [0, 0.05) is 50.7 Å². The number of morpholine rings is 1. The minimum Gasteiger partial charge on any atom is -0.390 e. The molecule has 182 valence electrons. The molecule has 5 rings (SSSR count). The van der Waals surface area contributed by atoms with E-state index in [1.165, 1.54) is 0 Å². The molecular formula is C24H34N8O2. The number of piperidine rings is 1. The highest BCUT2D eigenvalue weighted by Gasteiger charge is 2.28. The van der Waals surface area contributed by atoms with Crippen LogP contribution in [0.2, 0.25) is 0 Å². The van der Waals surface area contributed by atoms with E-state index in [0.29, 0.717) is 24.6 Å². The molecule has 2 fully saturated rings. The van der Waals surface area contributed by atoms with E-state index in [-0.39, 0.29) is 6.04 Å². The van der Waals surface area contributed by atoms with Gasteiger partial charge in [0.1, 0.15) is 11.6 Å². The Morgan fingerprint density at radius 3 is 2.62 bits per heavy atom. The van der Waals surface area contributed by atoms with Crippen LogP contribution in [-0.4, -0.2) is 74.8 Å². The van der Waals surface area contributed by atoms with E-state index in [1.807, 2.05) is 19.2 Å². The molecule has 3 aromatic heterocycles. The summed E-state index contributed by atoms with van der Waals surface area (Å²) >= 11 is 0. The van der Waals surface area contributed by atoms with Crippen LogP contribution in [0.3, 0.4) is 0 Å². The van der Waals surface area contributed by atoms with Crippen LogP contribution in [0.5, 0.6) is 0 Å². The second-order valence-electron chi connectivity index (χ2n) is 9.56. The number of pyridine rings is 1. The van der Waals surface area contributed by atoms with Gasteiger partial charge < -0.3 is 25.0 Å². The lowest BCUT2D eigenvalue weighted by atomic mass is 9.94. The second kappa shape index (κ2) is 9.34. The van der Waals surface area contributed by atoms with Crippen LogP contribution in [0, 0.1) is 0 Å². The molecule has 0 bridgehead atoms. The number of hydrogen-bond donors (Lipinski definition) is 2. The lowest BCUT2D eigenvalue weighted by Crippen LogP contribution is -2.43. The Bertz CT molecular complexity index is 1130. The van der Waals surface area contributed by atoms with Crippen molar-refractivity contribution in [3.63, 3.8) is 0 Å². The van der Waals surface area contributed by atoms with Gasteiger partial charge in [-0.2, -0.15) is 10.1 Å². The highest BCUT2D eigenvalue weighted by molar-refractivity contribution is 5.92. The Morgan fingerprint density at radius 2 is 1.88 bits per heavy atom. The first-order chi connectivity index (χ1) is 16.4. The molecule has 2 saturated heterocycles. The zero-order valence-corrected chi connectivity index (χ0v) is 20.2. The Kier molecular flexibility index (Phi) is 6.26. The molecule has 10 nitrogen and oxygen atoms in total. The van der Waals surface area contributed by atoms with Gasteiger partial charge in [0.15, 0.2) is 5.82 Å². The summed E-state index contributed by atoms with van der Waals surface area (Å²) in [6.45, 7) is 10.8. The van der Waals surface area contributed by atoms with Gasteiger partial charge in [-0.1, -0.05) is 6.92 Å². The van der Waals surface area contributed by atoms with E-state index in [0.717, 1.165) is 68.4 Å². The maximum Gasteiger partial charge on any atom is 0.227 e. The van der Waals surface area contributed by atoms with Crippen molar-refractivity contribution in [3.8, 4) is 0 Å². The number of aliphatic hydroxyl groups is 1. The first-order valence-electron chi connectivity index (χ1n) is 12.2. The number of hydrogen-bond acceptors (Lipinski definition) is 9. The van der Waals surface area contributed by atoms with Crippen molar-refractivity contribution < 1.29 is 9.84 Å². The summed E-state index contributed by atoms with van der Waals surface area (Å²) in [4.78, 5) is 18.2. The van der Waals surface area contributed by atoms with Crippen LogP contribution < -0.4 is 15.1 Å². The van der Waals surface area contributed by atoms with Gasteiger partial charge in [-0.05, 0) is 39.2 Å². The van der Waals surface area contributed by atoms with Crippen LogP contribution in [0.25, 0.3) is 10.9 Å². The number of nitrogens with zero attached hydrogens (tertiary/aromatic N) is 7. The van der Waals surface area contributed by atoms with Gasteiger partial charge in [-0.3, -0.25) is 4.68 Å². The van der Waals surface area contributed by atoms with E-state index >= 15 is 0 Å². The molecule has 2 aliphatic heterocycles. The number of nitrogens with one attached hydrogen (secondary N) is 1. The molecule has 1 unspecified atom stereocenters.